The zero-order chi connectivity index (χ0) is 18.7. The van der Waals surface area contributed by atoms with Crippen LogP contribution in [-0.4, -0.2) is 20.6 Å². The fourth-order valence-corrected chi connectivity index (χ4v) is 3.00. The van der Waals surface area contributed by atoms with Gasteiger partial charge in [0.15, 0.2) is 11.2 Å². The lowest BCUT2D eigenvalue weighted by molar-refractivity contribution is 0.0923. The summed E-state index contributed by atoms with van der Waals surface area (Å²) < 4.78 is 30.4. The molecule has 0 aliphatic carbocycles. The summed E-state index contributed by atoms with van der Waals surface area (Å²) in [6.07, 6.45) is 1.06. The lowest BCUT2D eigenvalue weighted by Gasteiger charge is -2.08. The van der Waals surface area contributed by atoms with Crippen LogP contribution in [0.2, 0.25) is 0 Å². The third-order valence-electron chi connectivity index (χ3n) is 3.54. The molecule has 0 bridgehead atoms. The highest BCUT2D eigenvalue weighted by molar-refractivity contribution is 7.92. The molecule has 0 aliphatic rings. The molecule has 3 rings (SSSR count). The van der Waals surface area contributed by atoms with Crippen molar-refractivity contribution in [3.63, 3.8) is 0 Å². The Bertz CT molecular complexity index is 1140. The molecule has 0 fully saturated rings. The van der Waals surface area contributed by atoms with E-state index in [-0.39, 0.29) is 17.7 Å². The van der Waals surface area contributed by atoms with Crippen molar-refractivity contribution in [1.29, 1.82) is 0 Å². The standard InChI is InChI=1S/C18H16N2O5S/c1-26(23,24)20-13-6-4-5-12(9-13)11-19-18(22)17-10-15(21)14-7-2-3-8-16(14)25-17/h2-10,20H,11H2,1H3,(H,19,22). The summed E-state index contributed by atoms with van der Waals surface area (Å²) >= 11 is 0. The number of rotatable bonds is 5. The largest absolute Gasteiger partial charge is 0.451 e. The second-order valence-electron chi connectivity index (χ2n) is 5.73. The minimum atomic E-state index is -3.38. The molecule has 0 radical (unpaired) electrons. The summed E-state index contributed by atoms with van der Waals surface area (Å²) in [7, 11) is -3.38. The number of benzene rings is 2. The first-order chi connectivity index (χ1) is 12.3. The van der Waals surface area contributed by atoms with Gasteiger partial charge in [0.1, 0.15) is 5.58 Å². The van der Waals surface area contributed by atoms with E-state index >= 15 is 0 Å². The van der Waals surface area contributed by atoms with Gasteiger partial charge in [-0.25, -0.2) is 8.42 Å². The van der Waals surface area contributed by atoms with Crippen molar-refractivity contribution in [3.8, 4) is 0 Å². The predicted molar refractivity (Wildman–Crippen MR) is 98.6 cm³/mol. The quantitative estimate of drug-likeness (QED) is 0.713. The van der Waals surface area contributed by atoms with Crippen LogP contribution < -0.4 is 15.5 Å². The van der Waals surface area contributed by atoms with E-state index in [0.29, 0.717) is 22.2 Å². The van der Waals surface area contributed by atoms with E-state index in [1.807, 2.05) is 0 Å². The number of carbonyl (C=O) groups excluding carboxylic acids is 1. The number of amides is 1. The fraction of sp³-hybridized carbons (Fsp3) is 0.111. The maximum atomic E-state index is 12.3. The molecule has 8 heteroatoms. The molecule has 1 aromatic heterocycles. The first kappa shape index (κ1) is 17.7. The molecule has 134 valence electrons. The molecular weight excluding hydrogens is 356 g/mol. The molecule has 1 amide bonds. The Labute approximate surface area is 149 Å². The Kier molecular flexibility index (Phi) is 4.77. The maximum absolute atomic E-state index is 12.3. The monoisotopic (exact) mass is 372 g/mol. The highest BCUT2D eigenvalue weighted by Crippen LogP contribution is 2.13. The molecule has 7 nitrogen and oxygen atoms in total. The molecule has 0 unspecified atom stereocenters. The van der Waals surface area contributed by atoms with Crippen LogP contribution in [0, 0.1) is 0 Å². The molecular formula is C18H16N2O5S. The van der Waals surface area contributed by atoms with E-state index in [2.05, 4.69) is 10.0 Å². The summed E-state index contributed by atoms with van der Waals surface area (Å²) in [5, 5.41) is 3.05. The van der Waals surface area contributed by atoms with Crippen LogP contribution >= 0.6 is 0 Å². The van der Waals surface area contributed by atoms with E-state index in [0.717, 1.165) is 12.3 Å². The SMILES string of the molecule is CS(=O)(=O)Nc1cccc(CNC(=O)c2cc(=O)c3ccccc3o2)c1. The molecule has 3 aromatic rings. The van der Waals surface area contributed by atoms with Crippen LogP contribution in [0.1, 0.15) is 16.1 Å². The zero-order valence-electron chi connectivity index (χ0n) is 13.9. The number of sulfonamides is 1. The summed E-state index contributed by atoms with van der Waals surface area (Å²) in [4.78, 5) is 24.3. The van der Waals surface area contributed by atoms with E-state index in [9.17, 15) is 18.0 Å². The summed E-state index contributed by atoms with van der Waals surface area (Å²) in [5.41, 5.74) is 1.13. The van der Waals surface area contributed by atoms with Crippen molar-refractivity contribution in [2.45, 2.75) is 6.54 Å². The van der Waals surface area contributed by atoms with Gasteiger partial charge in [0.2, 0.25) is 10.0 Å². The number of para-hydroxylation sites is 1. The van der Waals surface area contributed by atoms with Crippen molar-refractivity contribution in [3.05, 3.63) is 76.1 Å². The highest BCUT2D eigenvalue weighted by atomic mass is 32.2. The Morgan fingerprint density at radius 2 is 1.85 bits per heavy atom. The van der Waals surface area contributed by atoms with Crippen LogP contribution in [0.4, 0.5) is 5.69 Å². The number of hydrogen-bond donors (Lipinski definition) is 2. The highest BCUT2D eigenvalue weighted by Gasteiger charge is 2.12. The normalized spacial score (nSPS) is 11.3. The van der Waals surface area contributed by atoms with E-state index in [1.165, 1.54) is 0 Å². The number of nitrogens with one attached hydrogen (secondary N) is 2. The molecule has 0 atom stereocenters. The van der Waals surface area contributed by atoms with Gasteiger partial charge in [0, 0.05) is 18.3 Å². The van der Waals surface area contributed by atoms with Gasteiger partial charge >= 0.3 is 0 Å². The van der Waals surface area contributed by atoms with Gasteiger partial charge in [0.25, 0.3) is 5.91 Å². The van der Waals surface area contributed by atoms with Gasteiger partial charge in [-0.1, -0.05) is 24.3 Å². The second-order valence-corrected chi connectivity index (χ2v) is 7.48. The first-order valence-corrected chi connectivity index (χ1v) is 9.59. The smallest absolute Gasteiger partial charge is 0.287 e. The lowest BCUT2D eigenvalue weighted by Crippen LogP contribution is -2.24. The Hall–Kier alpha value is -3.13. The number of fused-ring (bicyclic) bond motifs is 1. The van der Waals surface area contributed by atoms with E-state index in [1.54, 1.807) is 48.5 Å². The second kappa shape index (κ2) is 7.01. The summed E-state index contributed by atoms with van der Waals surface area (Å²) in [6.45, 7) is 0.147. The van der Waals surface area contributed by atoms with Crippen LogP contribution in [-0.2, 0) is 16.6 Å². The third-order valence-corrected chi connectivity index (χ3v) is 4.15. The van der Waals surface area contributed by atoms with Gasteiger partial charge in [-0.3, -0.25) is 14.3 Å². The minimum Gasteiger partial charge on any atom is -0.451 e. The van der Waals surface area contributed by atoms with Crippen molar-refractivity contribution in [2.75, 3.05) is 11.0 Å². The Morgan fingerprint density at radius 3 is 2.62 bits per heavy atom. The number of anilines is 1. The van der Waals surface area contributed by atoms with Crippen molar-refractivity contribution < 1.29 is 17.6 Å². The van der Waals surface area contributed by atoms with Gasteiger partial charge in [-0.05, 0) is 29.8 Å². The fourth-order valence-electron chi connectivity index (χ4n) is 2.44. The van der Waals surface area contributed by atoms with Crippen LogP contribution in [0.25, 0.3) is 11.0 Å². The van der Waals surface area contributed by atoms with Crippen molar-refractivity contribution >= 4 is 32.6 Å². The van der Waals surface area contributed by atoms with Crippen molar-refractivity contribution in [2.24, 2.45) is 0 Å². The van der Waals surface area contributed by atoms with Crippen molar-refractivity contribution in [1.82, 2.24) is 5.32 Å². The number of carbonyl (C=O) groups is 1. The van der Waals surface area contributed by atoms with E-state index < -0.39 is 15.9 Å². The maximum Gasteiger partial charge on any atom is 0.287 e. The number of hydrogen-bond acceptors (Lipinski definition) is 5. The Morgan fingerprint density at radius 1 is 1.08 bits per heavy atom. The summed E-state index contributed by atoms with van der Waals surface area (Å²) in [6, 6.07) is 14.5. The van der Waals surface area contributed by atoms with Gasteiger partial charge in [-0.15, -0.1) is 0 Å². The zero-order valence-corrected chi connectivity index (χ0v) is 14.7. The van der Waals surface area contributed by atoms with Crippen LogP contribution in [0.5, 0.6) is 0 Å². The van der Waals surface area contributed by atoms with E-state index in [4.69, 9.17) is 4.42 Å². The molecule has 2 N–H and O–H groups in total. The third kappa shape index (κ3) is 4.28. The molecule has 1 heterocycles. The van der Waals surface area contributed by atoms with Crippen LogP contribution in [0.3, 0.4) is 0 Å². The molecule has 0 saturated heterocycles. The summed E-state index contributed by atoms with van der Waals surface area (Å²) in [5.74, 6) is -0.617. The molecule has 0 spiro atoms. The van der Waals surface area contributed by atoms with Gasteiger partial charge < -0.3 is 9.73 Å². The Balaban J connectivity index is 1.75. The topological polar surface area (TPSA) is 105 Å². The molecule has 26 heavy (non-hydrogen) atoms. The molecule has 0 aliphatic heterocycles. The lowest BCUT2D eigenvalue weighted by atomic mass is 10.2. The van der Waals surface area contributed by atoms with Gasteiger partial charge in [0.05, 0.1) is 11.6 Å². The predicted octanol–water partition coefficient (Wildman–Crippen LogP) is 2.09. The van der Waals surface area contributed by atoms with Crippen LogP contribution in [0.15, 0.2) is 63.8 Å². The average Bonchev–Trinajstić information content (AvgIpc) is 2.58. The average molecular weight is 372 g/mol. The first-order valence-electron chi connectivity index (χ1n) is 7.70. The molecule has 0 saturated carbocycles. The minimum absolute atomic E-state index is 0.0842. The van der Waals surface area contributed by atoms with Gasteiger partial charge in [-0.2, -0.15) is 0 Å². The molecule has 2 aromatic carbocycles.